The van der Waals surface area contributed by atoms with Crippen molar-refractivity contribution >= 4 is 33.2 Å². The van der Waals surface area contributed by atoms with Gasteiger partial charge in [-0.25, -0.2) is 17.8 Å². The lowest BCUT2D eigenvalue weighted by Crippen LogP contribution is -2.23. The highest BCUT2D eigenvalue weighted by Crippen LogP contribution is 2.22. The maximum Gasteiger partial charge on any atom is 0.264 e. The minimum absolute atomic E-state index is 0.317. The maximum absolute atomic E-state index is 13.8. The molecule has 0 unspecified atom stereocenters. The molecule has 9 heteroatoms. The smallest absolute Gasteiger partial charge is 0.264 e. The van der Waals surface area contributed by atoms with Crippen molar-refractivity contribution in [2.45, 2.75) is 25.7 Å². The number of aryl methyl sites for hydroxylation is 1. The fourth-order valence-electron chi connectivity index (χ4n) is 2.94. The van der Waals surface area contributed by atoms with Gasteiger partial charge in [0.2, 0.25) is 5.95 Å². The van der Waals surface area contributed by atoms with Crippen molar-refractivity contribution in [1.29, 1.82) is 0 Å². The molecule has 3 rings (SSSR count). The number of hydrogen-bond acceptors (Lipinski definition) is 6. The quantitative estimate of drug-likeness (QED) is 0.555. The summed E-state index contributed by atoms with van der Waals surface area (Å²) in [6.07, 6.45) is 0. The fraction of sp³-hybridized carbons (Fsp3) is 0.238. The van der Waals surface area contributed by atoms with Gasteiger partial charge in [0.25, 0.3) is 10.0 Å². The Kier molecular flexibility index (Phi) is 6.51. The van der Waals surface area contributed by atoms with E-state index < -0.39 is 20.7 Å². The van der Waals surface area contributed by atoms with Crippen LogP contribution in [0, 0.1) is 12.7 Å². The van der Waals surface area contributed by atoms with E-state index >= 15 is 0 Å². The highest BCUT2D eigenvalue weighted by Gasteiger charge is 2.18. The summed E-state index contributed by atoms with van der Waals surface area (Å²) in [7, 11) is -4.02. The van der Waals surface area contributed by atoms with E-state index in [0.29, 0.717) is 17.3 Å². The molecule has 7 nitrogen and oxygen atoms in total. The molecule has 0 fully saturated rings. The topological polar surface area (TPSA) is 87.2 Å². The van der Waals surface area contributed by atoms with Gasteiger partial charge in [0.1, 0.15) is 16.5 Å². The van der Waals surface area contributed by atoms with Crippen molar-refractivity contribution in [2.75, 3.05) is 28.0 Å². The van der Waals surface area contributed by atoms with Crippen molar-refractivity contribution in [2.24, 2.45) is 0 Å². The molecule has 1 aromatic heterocycles. The first-order chi connectivity index (χ1) is 14.3. The predicted molar refractivity (Wildman–Crippen MR) is 117 cm³/mol. The van der Waals surface area contributed by atoms with E-state index in [9.17, 15) is 12.8 Å². The number of nitrogens with zero attached hydrogens (tertiary/aromatic N) is 3. The number of anilines is 4. The third-order valence-corrected chi connectivity index (χ3v) is 5.86. The van der Waals surface area contributed by atoms with Gasteiger partial charge >= 0.3 is 0 Å². The van der Waals surface area contributed by atoms with Crippen LogP contribution in [0.2, 0.25) is 0 Å². The first-order valence-corrected chi connectivity index (χ1v) is 11.1. The van der Waals surface area contributed by atoms with Crippen LogP contribution in [-0.4, -0.2) is 31.5 Å². The van der Waals surface area contributed by atoms with Gasteiger partial charge < -0.3 is 10.2 Å². The Morgan fingerprint density at radius 2 is 1.60 bits per heavy atom. The Morgan fingerprint density at radius 3 is 2.23 bits per heavy atom. The Balaban J connectivity index is 1.76. The van der Waals surface area contributed by atoms with Crippen LogP contribution in [0.5, 0.6) is 0 Å². The zero-order valence-corrected chi connectivity index (χ0v) is 17.9. The molecule has 1 heterocycles. The number of aromatic nitrogens is 2. The first kappa shape index (κ1) is 21.5. The monoisotopic (exact) mass is 429 g/mol. The second-order valence-electron chi connectivity index (χ2n) is 6.60. The van der Waals surface area contributed by atoms with Gasteiger partial charge in [-0.2, -0.15) is 4.98 Å². The lowest BCUT2D eigenvalue weighted by atomic mass is 10.3. The minimum atomic E-state index is -4.02. The van der Waals surface area contributed by atoms with Crippen molar-refractivity contribution < 1.29 is 12.8 Å². The Labute approximate surface area is 176 Å². The lowest BCUT2D eigenvalue weighted by molar-refractivity contribution is 0.570. The molecule has 0 atom stereocenters. The zero-order valence-electron chi connectivity index (χ0n) is 17.1. The molecule has 2 N–H and O–H groups in total. The third kappa shape index (κ3) is 5.04. The molecule has 0 spiro atoms. The zero-order chi connectivity index (χ0) is 21.7. The third-order valence-electron chi connectivity index (χ3n) is 4.45. The van der Waals surface area contributed by atoms with Crippen molar-refractivity contribution in [3.63, 3.8) is 0 Å². The van der Waals surface area contributed by atoms with Crippen LogP contribution in [0.15, 0.2) is 59.5 Å². The summed E-state index contributed by atoms with van der Waals surface area (Å²) in [6.45, 7) is 7.71. The van der Waals surface area contributed by atoms with Crippen molar-refractivity contribution in [3.05, 3.63) is 66.1 Å². The number of hydrogen-bond donors (Lipinski definition) is 2. The van der Waals surface area contributed by atoms with E-state index in [1.54, 1.807) is 24.3 Å². The SMILES string of the molecule is CCN(CC)c1cc(C)nc(Nc2ccc(NS(=O)(=O)c3ccccc3F)cc2)n1. The van der Waals surface area contributed by atoms with Gasteiger partial charge in [-0.3, -0.25) is 4.72 Å². The van der Waals surface area contributed by atoms with Gasteiger partial charge in [-0.05, 0) is 57.2 Å². The van der Waals surface area contributed by atoms with Crippen LogP contribution < -0.4 is 14.9 Å². The standard InChI is InChI=1S/C21H24FN5O2S/c1-4-27(5-2)20-14-15(3)23-21(25-20)24-16-10-12-17(13-11-16)26-30(28,29)19-9-7-6-8-18(19)22/h6-14,26H,4-5H2,1-3H3,(H,23,24,25). The molecule has 0 saturated carbocycles. The molecular formula is C21H24FN5O2S. The van der Waals surface area contributed by atoms with Gasteiger partial charge in [0.05, 0.1) is 0 Å². The summed E-state index contributed by atoms with van der Waals surface area (Å²) < 4.78 is 41.0. The molecule has 0 saturated heterocycles. The van der Waals surface area contributed by atoms with Crippen LogP contribution in [-0.2, 0) is 10.0 Å². The number of nitrogens with one attached hydrogen (secondary N) is 2. The van der Waals surface area contributed by atoms with E-state index in [2.05, 4.69) is 38.8 Å². The Morgan fingerprint density at radius 1 is 0.967 bits per heavy atom. The molecule has 0 bridgehead atoms. The Hall–Kier alpha value is -3.20. The number of halogens is 1. The number of rotatable bonds is 8. The second kappa shape index (κ2) is 9.08. The average molecular weight is 430 g/mol. The maximum atomic E-state index is 13.8. The van der Waals surface area contributed by atoms with Crippen LogP contribution in [0.4, 0.5) is 27.5 Å². The predicted octanol–water partition coefficient (Wildman–Crippen LogP) is 4.31. The molecular weight excluding hydrogens is 405 g/mol. The van der Waals surface area contributed by atoms with Gasteiger partial charge in [0, 0.05) is 36.2 Å². The summed E-state index contributed by atoms with van der Waals surface area (Å²) in [5.74, 6) is 0.491. The summed E-state index contributed by atoms with van der Waals surface area (Å²) in [5.41, 5.74) is 1.85. The lowest BCUT2D eigenvalue weighted by Gasteiger charge is -2.20. The second-order valence-corrected chi connectivity index (χ2v) is 8.25. The highest BCUT2D eigenvalue weighted by molar-refractivity contribution is 7.92. The van der Waals surface area contributed by atoms with Gasteiger partial charge in [0.15, 0.2) is 0 Å². The van der Waals surface area contributed by atoms with Crippen LogP contribution >= 0.6 is 0 Å². The molecule has 3 aromatic rings. The fourth-order valence-corrected chi connectivity index (χ4v) is 4.08. The molecule has 0 aliphatic rings. The van der Waals surface area contributed by atoms with Gasteiger partial charge in [-0.15, -0.1) is 0 Å². The summed E-state index contributed by atoms with van der Waals surface area (Å²) in [4.78, 5) is 10.7. The summed E-state index contributed by atoms with van der Waals surface area (Å²) in [5, 5.41) is 3.13. The van der Waals surface area contributed by atoms with E-state index in [1.807, 2.05) is 13.0 Å². The van der Waals surface area contributed by atoms with Crippen LogP contribution in [0.1, 0.15) is 19.5 Å². The normalized spacial score (nSPS) is 11.2. The van der Waals surface area contributed by atoms with Crippen molar-refractivity contribution in [1.82, 2.24) is 9.97 Å². The molecule has 158 valence electrons. The molecule has 30 heavy (non-hydrogen) atoms. The van der Waals surface area contributed by atoms with Crippen LogP contribution in [0.3, 0.4) is 0 Å². The number of sulfonamides is 1. The van der Waals surface area contributed by atoms with Gasteiger partial charge in [-0.1, -0.05) is 12.1 Å². The van der Waals surface area contributed by atoms with E-state index in [1.165, 1.54) is 18.2 Å². The van der Waals surface area contributed by atoms with E-state index in [4.69, 9.17) is 0 Å². The molecule has 2 aromatic carbocycles. The summed E-state index contributed by atoms with van der Waals surface area (Å²) in [6, 6.07) is 13.7. The van der Waals surface area contributed by atoms with E-state index in [0.717, 1.165) is 30.7 Å². The molecule has 0 aliphatic carbocycles. The molecule has 0 radical (unpaired) electrons. The number of benzene rings is 2. The first-order valence-electron chi connectivity index (χ1n) is 9.57. The minimum Gasteiger partial charge on any atom is -0.357 e. The van der Waals surface area contributed by atoms with Crippen molar-refractivity contribution in [3.8, 4) is 0 Å². The molecule has 0 aliphatic heterocycles. The van der Waals surface area contributed by atoms with Crippen LogP contribution in [0.25, 0.3) is 0 Å². The van der Waals surface area contributed by atoms with E-state index in [-0.39, 0.29) is 0 Å². The average Bonchev–Trinajstić information content (AvgIpc) is 2.70. The largest absolute Gasteiger partial charge is 0.357 e. The summed E-state index contributed by atoms with van der Waals surface area (Å²) >= 11 is 0. The highest BCUT2D eigenvalue weighted by atomic mass is 32.2. The Bertz CT molecular complexity index is 1120. The molecule has 0 amide bonds.